The van der Waals surface area contributed by atoms with Crippen LogP contribution >= 0.6 is 0 Å². The maximum absolute atomic E-state index is 6.00. The van der Waals surface area contributed by atoms with Crippen LogP contribution in [0.4, 0.5) is 0 Å². The van der Waals surface area contributed by atoms with Crippen molar-refractivity contribution in [2.45, 2.75) is 69.4 Å². The van der Waals surface area contributed by atoms with Gasteiger partial charge in [-0.3, -0.25) is 4.90 Å². The van der Waals surface area contributed by atoms with Crippen LogP contribution in [0.25, 0.3) is 0 Å². The number of ether oxygens (including phenoxy) is 1. The first-order chi connectivity index (χ1) is 7.24. The summed E-state index contributed by atoms with van der Waals surface area (Å²) in [6, 6.07) is 1.78. The minimum atomic E-state index is 0.427. The van der Waals surface area contributed by atoms with E-state index < -0.39 is 0 Å². The van der Waals surface area contributed by atoms with Crippen molar-refractivity contribution < 1.29 is 4.74 Å². The van der Waals surface area contributed by atoms with Crippen molar-refractivity contribution in [3.63, 3.8) is 0 Å². The van der Waals surface area contributed by atoms with Crippen molar-refractivity contribution in [1.82, 2.24) is 4.90 Å². The van der Waals surface area contributed by atoms with E-state index in [4.69, 9.17) is 10.5 Å². The van der Waals surface area contributed by atoms with E-state index in [0.29, 0.717) is 30.3 Å². The fraction of sp³-hybridized carbons (Fsp3) is 1.00. The molecule has 3 rings (SSSR count). The highest BCUT2D eigenvalue weighted by atomic mass is 16.5. The summed E-state index contributed by atoms with van der Waals surface area (Å²) in [6.07, 6.45) is 7.28. The maximum atomic E-state index is 6.00. The molecule has 0 amide bonds. The SMILES string of the molecule is CC1CC(N)CCN1C1CC2CCC1O2. The van der Waals surface area contributed by atoms with Gasteiger partial charge in [0, 0.05) is 24.7 Å². The Kier molecular flexibility index (Phi) is 2.49. The van der Waals surface area contributed by atoms with Crippen molar-refractivity contribution in [3.05, 3.63) is 0 Å². The molecule has 5 atom stereocenters. The van der Waals surface area contributed by atoms with Gasteiger partial charge in [-0.1, -0.05) is 0 Å². The van der Waals surface area contributed by atoms with Crippen molar-refractivity contribution in [2.75, 3.05) is 6.54 Å². The van der Waals surface area contributed by atoms with Crippen molar-refractivity contribution >= 4 is 0 Å². The second-order valence-corrected chi connectivity index (χ2v) is 5.55. The normalized spacial score (nSPS) is 51.2. The summed E-state index contributed by atoms with van der Waals surface area (Å²) < 4.78 is 5.94. The van der Waals surface area contributed by atoms with Gasteiger partial charge >= 0.3 is 0 Å². The van der Waals surface area contributed by atoms with E-state index in [1.54, 1.807) is 0 Å². The molecule has 0 aromatic rings. The summed E-state index contributed by atoms with van der Waals surface area (Å²) in [5, 5.41) is 0. The van der Waals surface area contributed by atoms with Gasteiger partial charge in [0.25, 0.3) is 0 Å². The first-order valence-corrected chi connectivity index (χ1v) is 6.41. The third kappa shape index (κ3) is 1.71. The highest BCUT2D eigenvalue weighted by Gasteiger charge is 2.45. The zero-order chi connectivity index (χ0) is 10.4. The topological polar surface area (TPSA) is 38.5 Å². The molecular formula is C12H22N2O. The Bertz CT molecular complexity index is 246. The number of nitrogens with zero attached hydrogens (tertiary/aromatic N) is 1. The highest BCUT2D eigenvalue weighted by Crippen LogP contribution is 2.39. The standard InChI is InChI=1S/C12H22N2O/c1-8-6-9(13)4-5-14(8)11-7-10-2-3-12(11)15-10/h8-12H,2-7,13H2,1H3. The second-order valence-electron chi connectivity index (χ2n) is 5.55. The fourth-order valence-corrected chi connectivity index (χ4v) is 3.68. The largest absolute Gasteiger partial charge is 0.373 e. The van der Waals surface area contributed by atoms with Crippen molar-refractivity contribution in [2.24, 2.45) is 5.73 Å². The molecule has 3 fully saturated rings. The van der Waals surface area contributed by atoms with Gasteiger partial charge < -0.3 is 10.5 Å². The molecule has 3 aliphatic heterocycles. The molecule has 2 bridgehead atoms. The number of hydrogen-bond acceptors (Lipinski definition) is 3. The van der Waals surface area contributed by atoms with Crippen LogP contribution in [0.5, 0.6) is 0 Å². The molecule has 5 unspecified atom stereocenters. The Morgan fingerprint density at radius 2 is 2.07 bits per heavy atom. The predicted molar refractivity (Wildman–Crippen MR) is 59.7 cm³/mol. The van der Waals surface area contributed by atoms with Gasteiger partial charge in [0.05, 0.1) is 12.2 Å². The van der Waals surface area contributed by atoms with Crippen LogP contribution in [-0.4, -0.2) is 41.8 Å². The monoisotopic (exact) mass is 210 g/mol. The van der Waals surface area contributed by atoms with Gasteiger partial charge in [-0.05, 0) is 39.0 Å². The number of likely N-dealkylation sites (tertiary alicyclic amines) is 1. The Labute approximate surface area is 91.9 Å². The molecule has 0 aromatic carbocycles. The molecule has 3 heterocycles. The van der Waals surface area contributed by atoms with Gasteiger partial charge in [-0.2, -0.15) is 0 Å². The Morgan fingerprint density at radius 3 is 2.67 bits per heavy atom. The van der Waals surface area contributed by atoms with Crippen LogP contribution in [0.2, 0.25) is 0 Å². The molecule has 3 saturated heterocycles. The van der Waals surface area contributed by atoms with Gasteiger partial charge in [0.2, 0.25) is 0 Å². The highest BCUT2D eigenvalue weighted by molar-refractivity contribution is 4.98. The van der Waals surface area contributed by atoms with E-state index in [1.807, 2.05) is 0 Å². The molecule has 2 N–H and O–H groups in total. The molecule has 0 aliphatic carbocycles. The van der Waals surface area contributed by atoms with Crippen LogP contribution in [0, 0.1) is 0 Å². The minimum Gasteiger partial charge on any atom is -0.373 e. The summed E-state index contributed by atoms with van der Waals surface area (Å²) in [5.41, 5.74) is 6.00. The van der Waals surface area contributed by atoms with Crippen LogP contribution in [0.15, 0.2) is 0 Å². The van der Waals surface area contributed by atoms with Crippen molar-refractivity contribution in [3.8, 4) is 0 Å². The first kappa shape index (κ1) is 10.1. The van der Waals surface area contributed by atoms with E-state index >= 15 is 0 Å². The van der Waals surface area contributed by atoms with E-state index in [2.05, 4.69) is 11.8 Å². The van der Waals surface area contributed by atoms with Gasteiger partial charge in [-0.15, -0.1) is 0 Å². The summed E-state index contributed by atoms with van der Waals surface area (Å²) >= 11 is 0. The fourth-order valence-electron chi connectivity index (χ4n) is 3.68. The lowest BCUT2D eigenvalue weighted by Crippen LogP contribution is -2.53. The van der Waals surface area contributed by atoms with Crippen molar-refractivity contribution in [1.29, 1.82) is 0 Å². The molecule has 0 radical (unpaired) electrons. The first-order valence-electron chi connectivity index (χ1n) is 6.41. The van der Waals surface area contributed by atoms with E-state index in [1.165, 1.54) is 25.8 Å². The molecule has 0 saturated carbocycles. The van der Waals surface area contributed by atoms with Crippen LogP contribution in [0.3, 0.4) is 0 Å². The molecule has 0 aromatic heterocycles. The Hall–Kier alpha value is -0.120. The van der Waals surface area contributed by atoms with E-state index in [-0.39, 0.29) is 0 Å². The lowest BCUT2D eigenvalue weighted by molar-refractivity contribution is 0.0379. The van der Waals surface area contributed by atoms with Crippen LogP contribution < -0.4 is 5.73 Å². The zero-order valence-corrected chi connectivity index (χ0v) is 9.56. The number of fused-ring (bicyclic) bond motifs is 2. The lowest BCUT2D eigenvalue weighted by Gasteiger charge is -2.42. The maximum Gasteiger partial charge on any atom is 0.0736 e. The Balaban J connectivity index is 1.67. The molecule has 3 heteroatoms. The quantitative estimate of drug-likeness (QED) is 0.705. The molecule has 3 aliphatic rings. The summed E-state index contributed by atoms with van der Waals surface area (Å²) in [7, 11) is 0. The number of hydrogen-bond donors (Lipinski definition) is 1. The molecule has 86 valence electrons. The third-order valence-corrected chi connectivity index (χ3v) is 4.47. The van der Waals surface area contributed by atoms with E-state index in [9.17, 15) is 0 Å². The molecule has 15 heavy (non-hydrogen) atoms. The second kappa shape index (κ2) is 3.72. The zero-order valence-electron chi connectivity index (χ0n) is 9.56. The van der Waals surface area contributed by atoms with E-state index in [0.717, 1.165) is 12.8 Å². The summed E-state index contributed by atoms with van der Waals surface area (Å²) in [5.74, 6) is 0. The Morgan fingerprint density at radius 1 is 1.20 bits per heavy atom. The molecular weight excluding hydrogens is 188 g/mol. The summed E-state index contributed by atoms with van der Waals surface area (Å²) in [4.78, 5) is 2.66. The smallest absolute Gasteiger partial charge is 0.0736 e. The number of piperidine rings is 1. The third-order valence-electron chi connectivity index (χ3n) is 4.47. The average molecular weight is 210 g/mol. The van der Waals surface area contributed by atoms with Gasteiger partial charge in [0.1, 0.15) is 0 Å². The average Bonchev–Trinajstić information content (AvgIpc) is 2.78. The van der Waals surface area contributed by atoms with Gasteiger partial charge in [-0.25, -0.2) is 0 Å². The summed E-state index contributed by atoms with van der Waals surface area (Å²) in [6.45, 7) is 3.50. The predicted octanol–water partition coefficient (Wildman–Crippen LogP) is 1.12. The van der Waals surface area contributed by atoms with Crippen LogP contribution in [-0.2, 0) is 4.74 Å². The number of rotatable bonds is 1. The minimum absolute atomic E-state index is 0.427. The van der Waals surface area contributed by atoms with Gasteiger partial charge in [0.15, 0.2) is 0 Å². The number of nitrogens with two attached hydrogens (primary N) is 1. The lowest BCUT2D eigenvalue weighted by atomic mass is 9.89. The molecule has 0 spiro atoms. The molecule has 3 nitrogen and oxygen atoms in total. The van der Waals surface area contributed by atoms with Crippen LogP contribution in [0.1, 0.15) is 39.0 Å².